The molecule has 0 unspecified atom stereocenters. The summed E-state index contributed by atoms with van der Waals surface area (Å²) in [6.07, 6.45) is 8.35. The van der Waals surface area contributed by atoms with Gasteiger partial charge in [0.05, 0.1) is 17.5 Å². The van der Waals surface area contributed by atoms with Gasteiger partial charge in [-0.2, -0.15) is 10.2 Å². The maximum absolute atomic E-state index is 11.7. The molecule has 0 bridgehead atoms. The lowest BCUT2D eigenvalue weighted by atomic mass is 10.2. The Morgan fingerprint density at radius 1 is 1.53 bits per heavy atom. The first-order valence-electron chi connectivity index (χ1n) is 5.43. The second-order valence-corrected chi connectivity index (χ2v) is 3.70. The predicted octanol–water partition coefficient (Wildman–Crippen LogP) is 1.53. The zero-order valence-electron chi connectivity index (χ0n) is 9.87. The van der Waals surface area contributed by atoms with Crippen molar-refractivity contribution in [2.75, 3.05) is 0 Å². The quantitative estimate of drug-likeness (QED) is 0.591. The minimum Gasteiger partial charge on any atom is -0.289 e. The molecule has 0 aromatic carbocycles. The zero-order valence-corrected chi connectivity index (χ0v) is 9.87. The normalized spacial score (nSPS) is 11.2. The van der Waals surface area contributed by atoms with Crippen molar-refractivity contribution in [1.29, 1.82) is 0 Å². The van der Waals surface area contributed by atoms with Crippen LogP contribution in [-0.4, -0.2) is 25.3 Å². The van der Waals surface area contributed by atoms with Gasteiger partial charge in [0.2, 0.25) is 0 Å². The van der Waals surface area contributed by atoms with E-state index in [1.54, 1.807) is 30.2 Å². The summed E-state index contributed by atoms with van der Waals surface area (Å²) in [6.45, 7) is 2.84. The van der Waals surface area contributed by atoms with Crippen LogP contribution in [0.25, 0.3) is 6.08 Å². The van der Waals surface area contributed by atoms with E-state index in [9.17, 15) is 4.79 Å². The number of rotatable bonds is 4. The number of aromatic nitrogens is 4. The molecule has 0 aliphatic carbocycles. The van der Waals surface area contributed by atoms with Crippen molar-refractivity contribution < 1.29 is 4.79 Å². The first-order valence-corrected chi connectivity index (χ1v) is 5.43. The van der Waals surface area contributed by atoms with Gasteiger partial charge in [-0.25, -0.2) is 0 Å². The van der Waals surface area contributed by atoms with E-state index in [1.165, 1.54) is 6.08 Å². The molecule has 0 saturated heterocycles. The maximum atomic E-state index is 11.7. The molecule has 0 radical (unpaired) electrons. The van der Waals surface area contributed by atoms with Crippen molar-refractivity contribution >= 4 is 11.9 Å². The molecule has 0 aliphatic heterocycles. The molecule has 0 fully saturated rings. The number of hydrogen-bond donors (Lipinski definition) is 0. The number of carbonyl (C=O) groups excluding carboxylic acids is 1. The molecule has 17 heavy (non-hydrogen) atoms. The number of hydrogen-bond acceptors (Lipinski definition) is 3. The molecule has 0 saturated carbocycles. The summed E-state index contributed by atoms with van der Waals surface area (Å²) in [5, 5.41) is 8.21. The topological polar surface area (TPSA) is 52.7 Å². The van der Waals surface area contributed by atoms with Crippen molar-refractivity contribution in [2.24, 2.45) is 7.05 Å². The Morgan fingerprint density at radius 3 is 2.94 bits per heavy atom. The van der Waals surface area contributed by atoms with Gasteiger partial charge in [-0.1, -0.05) is 0 Å². The largest absolute Gasteiger partial charge is 0.289 e. The number of nitrogens with zero attached hydrogens (tertiary/aromatic N) is 4. The first kappa shape index (κ1) is 11.3. The molecule has 5 heteroatoms. The summed E-state index contributed by atoms with van der Waals surface area (Å²) >= 11 is 0. The van der Waals surface area contributed by atoms with E-state index in [-0.39, 0.29) is 5.78 Å². The van der Waals surface area contributed by atoms with E-state index in [0.717, 1.165) is 12.2 Å². The van der Waals surface area contributed by atoms with Gasteiger partial charge in [0, 0.05) is 26.0 Å². The van der Waals surface area contributed by atoms with E-state index in [2.05, 4.69) is 10.2 Å². The van der Waals surface area contributed by atoms with Crippen LogP contribution in [0, 0.1) is 0 Å². The molecule has 2 aromatic heterocycles. The molecule has 2 rings (SSSR count). The fraction of sp³-hybridized carbons (Fsp3) is 0.250. The van der Waals surface area contributed by atoms with Crippen LogP contribution in [0.3, 0.4) is 0 Å². The summed E-state index contributed by atoms with van der Waals surface area (Å²) in [4.78, 5) is 11.7. The summed E-state index contributed by atoms with van der Waals surface area (Å²) in [5.41, 5.74) is 1.36. The minimum absolute atomic E-state index is 0.0656. The SMILES string of the molecule is CCn1ccc(C=CC(=O)c2cnn(C)c2)n1. The smallest absolute Gasteiger partial charge is 0.189 e. The molecular weight excluding hydrogens is 216 g/mol. The highest BCUT2D eigenvalue weighted by molar-refractivity contribution is 6.06. The van der Waals surface area contributed by atoms with Crippen LogP contribution < -0.4 is 0 Å². The van der Waals surface area contributed by atoms with Crippen LogP contribution in [0.15, 0.2) is 30.7 Å². The second kappa shape index (κ2) is 4.78. The van der Waals surface area contributed by atoms with Crippen LogP contribution in [0.5, 0.6) is 0 Å². The van der Waals surface area contributed by atoms with Crippen molar-refractivity contribution in [3.05, 3.63) is 42.0 Å². The van der Waals surface area contributed by atoms with Crippen molar-refractivity contribution in [2.45, 2.75) is 13.5 Å². The Hall–Kier alpha value is -2.17. The summed E-state index contributed by atoms with van der Waals surface area (Å²) < 4.78 is 3.42. The van der Waals surface area contributed by atoms with Crippen LogP contribution in [-0.2, 0) is 13.6 Å². The average molecular weight is 230 g/mol. The fourth-order valence-electron chi connectivity index (χ4n) is 1.45. The van der Waals surface area contributed by atoms with Crippen molar-refractivity contribution in [3.63, 3.8) is 0 Å². The molecule has 2 heterocycles. The van der Waals surface area contributed by atoms with Crippen molar-refractivity contribution in [1.82, 2.24) is 19.6 Å². The standard InChI is InChI=1S/C12H14N4O/c1-3-16-7-6-11(14-16)4-5-12(17)10-8-13-15(2)9-10/h4-9H,3H2,1-2H3. The molecule has 0 atom stereocenters. The van der Waals surface area contributed by atoms with Gasteiger partial charge >= 0.3 is 0 Å². The Balaban J connectivity index is 2.08. The third-order valence-electron chi connectivity index (χ3n) is 2.38. The Labute approximate surface area is 99.4 Å². The van der Waals surface area contributed by atoms with E-state index < -0.39 is 0 Å². The van der Waals surface area contributed by atoms with Gasteiger partial charge in [0.15, 0.2) is 5.78 Å². The van der Waals surface area contributed by atoms with E-state index in [4.69, 9.17) is 0 Å². The summed E-state index contributed by atoms with van der Waals surface area (Å²) in [7, 11) is 1.78. The van der Waals surface area contributed by atoms with Crippen LogP contribution >= 0.6 is 0 Å². The average Bonchev–Trinajstić information content (AvgIpc) is 2.94. The molecular formula is C12H14N4O. The van der Waals surface area contributed by atoms with Crippen LogP contribution in [0.4, 0.5) is 0 Å². The first-order chi connectivity index (χ1) is 8.19. The highest BCUT2D eigenvalue weighted by Gasteiger charge is 2.03. The molecule has 0 amide bonds. The number of aryl methyl sites for hydroxylation is 2. The number of ketones is 1. The monoisotopic (exact) mass is 230 g/mol. The van der Waals surface area contributed by atoms with Gasteiger partial charge in [-0.3, -0.25) is 14.2 Å². The predicted molar refractivity (Wildman–Crippen MR) is 64.5 cm³/mol. The minimum atomic E-state index is -0.0656. The molecule has 0 spiro atoms. The van der Waals surface area contributed by atoms with E-state index in [1.807, 2.05) is 23.9 Å². The molecule has 88 valence electrons. The summed E-state index contributed by atoms with van der Waals surface area (Å²) in [5.74, 6) is -0.0656. The molecule has 5 nitrogen and oxygen atoms in total. The van der Waals surface area contributed by atoms with Gasteiger partial charge in [0.1, 0.15) is 0 Å². The van der Waals surface area contributed by atoms with Gasteiger partial charge in [-0.05, 0) is 25.1 Å². The maximum Gasteiger partial charge on any atom is 0.189 e. The third-order valence-corrected chi connectivity index (χ3v) is 2.38. The van der Waals surface area contributed by atoms with Gasteiger partial charge in [0.25, 0.3) is 0 Å². The van der Waals surface area contributed by atoms with Crippen LogP contribution in [0.2, 0.25) is 0 Å². The molecule has 2 aromatic rings. The van der Waals surface area contributed by atoms with E-state index >= 15 is 0 Å². The lowest BCUT2D eigenvalue weighted by Crippen LogP contribution is -1.94. The second-order valence-electron chi connectivity index (χ2n) is 3.70. The zero-order chi connectivity index (χ0) is 12.3. The Bertz CT molecular complexity index is 550. The van der Waals surface area contributed by atoms with Gasteiger partial charge < -0.3 is 0 Å². The number of carbonyl (C=O) groups is 1. The lowest BCUT2D eigenvalue weighted by molar-refractivity contribution is 0.104. The Kier molecular flexibility index (Phi) is 3.18. The van der Waals surface area contributed by atoms with E-state index in [0.29, 0.717) is 5.56 Å². The third kappa shape index (κ3) is 2.69. The molecule has 0 N–H and O–H groups in total. The fourth-order valence-corrected chi connectivity index (χ4v) is 1.45. The lowest BCUT2D eigenvalue weighted by Gasteiger charge is -1.90. The highest BCUT2D eigenvalue weighted by atomic mass is 16.1. The van der Waals surface area contributed by atoms with Crippen LogP contribution in [0.1, 0.15) is 23.0 Å². The molecule has 0 aliphatic rings. The van der Waals surface area contributed by atoms with Gasteiger partial charge in [-0.15, -0.1) is 0 Å². The Morgan fingerprint density at radius 2 is 2.35 bits per heavy atom. The number of allylic oxidation sites excluding steroid dienone is 1. The van der Waals surface area contributed by atoms with Crippen molar-refractivity contribution in [3.8, 4) is 0 Å². The summed E-state index contributed by atoms with van der Waals surface area (Å²) in [6, 6.07) is 1.87. The highest BCUT2D eigenvalue weighted by Crippen LogP contribution is 2.03.